The summed E-state index contributed by atoms with van der Waals surface area (Å²) in [5.74, 6) is -2.01. The summed E-state index contributed by atoms with van der Waals surface area (Å²) >= 11 is 1.21. The summed E-state index contributed by atoms with van der Waals surface area (Å²) < 4.78 is 11.0. The molecule has 3 amide bonds. The largest absolute Gasteiger partial charge is 0.466 e. The van der Waals surface area contributed by atoms with Gasteiger partial charge in [-0.25, -0.2) is 4.98 Å². The number of ether oxygens (including phenoxy) is 2. The van der Waals surface area contributed by atoms with Gasteiger partial charge in [0.15, 0.2) is 6.10 Å². The van der Waals surface area contributed by atoms with Crippen molar-refractivity contribution in [3.63, 3.8) is 0 Å². The molecule has 13 heteroatoms. The van der Waals surface area contributed by atoms with E-state index in [1.807, 2.05) is 56.1 Å². The first-order valence-electron chi connectivity index (χ1n) is 18.7. The van der Waals surface area contributed by atoms with Crippen molar-refractivity contribution in [1.82, 2.24) is 25.4 Å². The molecule has 1 aliphatic rings. The number of nitrogens with one attached hydrogen (secondary N) is 2. The highest BCUT2D eigenvalue weighted by molar-refractivity contribution is 7.09. The van der Waals surface area contributed by atoms with Crippen molar-refractivity contribution in [2.24, 2.45) is 11.8 Å². The summed E-state index contributed by atoms with van der Waals surface area (Å²) in [6.45, 7) is 12.0. The number of hydrogen-bond donors (Lipinski definition) is 2. The topological polar surface area (TPSA) is 147 Å². The van der Waals surface area contributed by atoms with Crippen LogP contribution < -0.4 is 10.6 Å². The maximum atomic E-state index is 14.0. The van der Waals surface area contributed by atoms with Gasteiger partial charge in [0.1, 0.15) is 16.7 Å². The molecule has 6 atom stereocenters. The Morgan fingerprint density at radius 1 is 1.06 bits per heavy atom. The summed E-state index contributed by atoms with van der Waals surface area (Å²) in [6.07, 6.45) is 4.22. The highest BCUT2D eigenvalue weighted by atomic mass is 32.1. The molecule has 288 valence electrons. The van der Waals surface area contributed by atoms with Crippen molar-refractivity contribution in [2.45, 2.75) is 123 Å². The molecule has 1 aliphatic heterocycles. The van der Waals surface area contributed by atoms with Gasteiger partial charge < -0.3 is 25.0 Å². The number of benzene rings is 1. The van der Waals surface area contributed by atoms with Gasteiger partial charge in [-0.05, 0) is 64.1 Å². The number of carbonyl (C=O) groups is 5. The first-order valence-corrected chi connectivity index (χ1v) is 19.5. The van der Waals surface area contributed by atoms with E-state index in [-0.39, 0.29) is 60.5 Å². The van der Waals surface area contributed by atoms with Crippen LogP contribution in [0.2, 0.25) is 0 Å². The lowest BCUT2D eigenvalue weighted by Crippen LogP contribution is -2.54. The molecule has 0 radical (unpaired) electrons. The highest BCUT2D eigenvalue weighted by Crippen LogP contribution is 2.31. The highest BCUT2D eigenvalue weighted by Gasteiger charge is 2.36. The lowest BCUT2D eigenvalue weighted by atomic mass is 9.95. The molecule has 0 unspecified atom stereocenters. The zero-order valence-corrected chi connectivity index (χ0v) is 33.0. The van der Waals surface area contributed by atoms with Crippen LogP contribution in [0.25, 0.3) is 0 Å². The molecule has 1 aromatic carbocycles. The second kappa shape index (κ2) is 21.0. The quantitative estimate of drug-likeness (QED) is 0.172. The first kappa shape index (κ1) is 42.6. The number of likely N-dealkylation sites (tertiary alicyclic amines) is 1. The molecule has 3 rings (SSSR count). The number of unbranched alkanes of at least 4 members (excludes halogenated alkanes) is 1. The monoisotopic (exact) mass is 741 g/mol. The lowest BCUT2D eigenvalue weighted by molar-refractivity contribution is -0.149. The Bertz CT molecular complexity index is 1470. The van der Waals surface area contributed by atoms with Crippen molar-refractivity contribution in [1.29, 1.82) is 0 Å². The van der Waals surface area contributed by atoms with Gasteiger partial charge in [-0.2, -0.15) is 0 Å². The van der Waals surface area contributed by atoms with Gasteiger partial charge in [-0.3, -0.25) is 28.9 Å². The summed E-state index contributed by atoms with van der Waals surface area (Å²) in [4.78, 5) is 74.0. The molecule has 1 aromatic heterocycles. The second-order valence-electron chi connectivity index (χ2n) is 14.3. The second-order valence-corrected chi connectivity index (χ2v) is 15.1. The molecule has 2 N–H and O–H groups in total. The normalized spacial score (nSPS) is 17.4. The molecule has 2 aromatic rings. The maximum absolute atomic E-state index is 14.0. The van der Waals surface area contributed by atoms with Gasteiger partial charge in [-0.15, -0.1) is 11.3 Å². The number of esters is 2. The van der Waals surface area contributed by atoms with E-state index in [0.29, 0.717) is 24.3 Å². The fourth-order valence-electron chi connectivity index (χ4n) is 6.78. The number of likely N-dealkylation sites (N-methyl/N-ethyl adjacent to an activating group) is 2. The fraction of sp³-hybridized carbons (Fsp3) is 0.641. The van der Waals surface area contributed by atoms with Crippen LogP contribution in [-0.2, 0) is 35.1 Å². The zero-order valence-electron chi connectivity index (χ0n) is 32.2. The van der Waals surface area contributed by atoms with Crippen LogP contribution in [0.1, 0.15) is 114 Å². The van der Waals surface area contributed by atoms with Crippen molar-refractivity contribution < 1.29 is 33.4 Å². The number of thiazole rings is 1. The minimum absolute atomic E-state index is 0.0293. The predicted octanol–water partition coefficient (Wildman–Crippen LogP) is 5.32. The molecule has 2 heterocycles. The zero-order chi connectivity index (χ0) is 38.4. The first-order chi connectivity index (χ1) is 24.7. The van der Waals surface area contributed by atoms with E-state index in [2.05, 4.69) is 22.5 Å². The Labute approximate surface area is 313 Å². The van der Waals surface area contributed by atoms with Gasteiger partial charge >= 0.3 is 11.9 Å². The van der Waals surface area contributed by atoms with Crippen LogP contribution in [-0.4, -0.2) is 95.9 Å². The molecule has 0 saturated carbocycles. The van der Waals surface area contributed by atoms with E-state index in [1.165, 1.54) is 18.3 Å². The van der Waals surface area contributed by atoms with Crippen LogP contribution in [0.3, 0.4) is 0 Å². The van der Waals surface area contributed by atoms with Crippen LogP contribution in [0.4, 0.5) is 0 Å². The van der Waals surface area contributed by atoms with E-state index >= 15 is 0 Å². The molecule has 1 fully saturated rings. The van der Waals surface area contributed by atoms with Gasteiger partial charge in [0.2, 0.25) is 11.8 Å². The smallest absolute Gasteiger partial charge is 0.308 e. The van der Waals surface area contributed by atoms with Crippen LogP contribution in [0, 0.1) is 11.8 Å². The van der Waals surface area contributed by atoms with Crippen LogP contribution in [0.15, 0.2) is 35.7 Å². The minimum Gasteiger partial charge on any atom is -0.466 e. The minimum atomic E-state index is -0.813. The summed E-state index contributed by atoms with van der Waals surface area (Å²) in [5, 5.41) is 8.18. The number of amides is 3. The number of aromatic nitrogens is 1. The summed E-state index contributed by atoms with van der Waals surface area (Å²) in [7, 11) is 3.66. The Balaban J connectivity index is 1.80. The fourth-order valence-corrected chi connectivity index (χ4v) is 7.62. The molecular weight excluding hydrogens is 683 g/mol. The van der Waals surface area contributed by atoms with E-state index < -0.39 is 29.9 Å². The summed E-state index contributed by atoms with van der Waals surface area (Å²) in [6, 6.07) is 8.06. The van der Waals surface area contributed by atoms with E-state index in [4.69, 9.17) is 9.47 Å². The third kappa shape index (κ3) is 12.7. The Kier molecular flexibility index (Phi) is 17.2. The third-order valence-electron chi connectivity index (χ3n) is 9.68. The Morgan fingerprint density at radius 2 is 1.77 bits per heavy atom. The average Bonchev–Trinajstić information content (AvgIpc) is 3.77. The van der Waals surface area contributed by atoms with E-state index in [0.717, 1.165) is 37.8 Å². The molecule has 1 saturated heterocycles. The van der Waals surface area contributed by atoms with Crippen LogP contribution in [0.5, 0.6) is 0 Å². The Hall–Kier alpha value is -3.84. The van der Waals surface area contributed by atoms with Crippen molar-refractivity contribution in [2.75, 3.05) is 27.2 Å². The number of hydrogen-bond acceptors (Lipinski definition) is 10. The SMILES string of the molecule is CCCC[C@H](NC(=O)[C@H]1CCCN1C)C(=O)N(C)[C@H](C[C@@H](OC(C)=O)c1nc(C(=O)N[C@@H](Cc2ccccc2)C[C@H](C)C(=O)OCC)cs1)C(C)C. The third-order valence-corrected chi connectivity index (χ3v) is 10.6. The Morgan fingerprint density at radius 3 is 2.37 bits per heavy atom. The van der Waals surface area contributed by atoms with Gasteiger partial charge in [0, 0.05) is 37.9 Å². The predicted molar refractivity (Wildman–Crippen MR) is 202 cm³/mol. The standard InChI is InChI=1S/C39H59N5O7S/c1-9-11-18-30(41-36(47)32-19-15-20-43(32)7)38(48)44(8)33(25(3)4)23-34(51-27(6)45)37-42-31(24-52-37)35(46)40-29(21-26(5)39(49)50-10-2)22-28-16-13-12-14-17-28/h12-14,16-17,24-26,29-30,32-34H,9-11,15,18-23H2,1-8H3,(H,40,46)(H,41,47)/t26-,29+,30-,32+,33+,34+/m0/s1. The van der Waals surface area contributed by atoms with Crippen molar-refractivity contribution in [3.8, 4) is 0 Å². The number of carbonyl (C=O) groups excluding carboxylic acids is 5. The molecule has 0 spiro atoms. The molecule has 0 bridgehead atoms. The molecule has 12 nitrogen and oxygen atoms in total. The van der Waals surface area contributed by atoms with Crippen LogP contribution >= 0.6 is 11.3 Å². The van der Waals surface area contributed by atoms with Crippen molar-refractivity contribution >= 4 is 41.0 Å². The van der Waals surface area contributed by atoms with Gasteiger partial charge in [-0.1, -0.05) is 70.9 Å². The van der Waals surface area contributed by atoms with E-state index in [9.17, 15) is 24.0 Å². The number of rotatable bonds is 20. The maximum Gasteiger partial charge on any atom is 0.308 e. The van der Waals surface area contributed by atoms with Gasteiger partial charge in [0.25, 0.3) is 5.91 Å². The van der Waals surface area contributed by atoms with Crippen molar-refractivity contribution in [3.05, 3.63) is 52.0 Å². The lowest BCUT2D eigenvalue weighted by Gasteiger charge is -2.36. The molecule has 52 heavy (non-hydrogen) atoms. The summed E-state index contributed by atoms with van der Waals surface area (Å²) in [5.41, 5.74) is 1.18. The average molecular weight is 742 g/mol. The van der Waals surface area contributed by atoms with E-state index in [1.54, 1.807) is 31.2 Å². The number of nitrogens with zero attached hydrogens (tertiary/aromatic N) is 3. The van der Waals surface area contributed by atoms with Gasteiger partial charge in [0.05, 0.1) is 18.6 Å². The molecular formula is C39H59N5O7S. The molecule has 0 aliphatic carbocycles.